The number of alkyl halides is 1. The van der Waals surface area contributed by atoms with E-state index in [0.717, 1.165) is 16.7 Å². The van der Waals surface area contributed by atoms with Gasteiger partial charge in [-0.1, -0.05) is 48.5 Å². The number of benzene rings is 2. The van der Waals surface area contributed by atoms with Crippen LogP contribution < -0.4 is 0 Å². The van der Waals surface area contributed by atoms with Gasteiger partial charge in [-0.3, -0.25) is 0 Å². The van der Waals surface area contributed by atoms with E-state index in [4.69, 9.17) is 11.6 Å². The maximum Gasteiger partial charge on any atom is 0.0925 e. The van der Waals surface area contributed by atoms with E-state index in [1.807, 2.05) is 54.6 Å². The van der Waals surface area contributed by atoms with Crippen LogP contribution in [0.25, 0.3) is 11.1 Å². The van der Waals surface area contributed by atoms with E-state index in [2.05, 4.69) is 0 Å². The van der Waals surface area contributed by atoms with Crippen LogP contribution in [0.5, 0.6) is 0 Å². The first-order valence-electron chi connectivity index (χ1n) is 5.20. The van der Waals surface area contributed by atoms with Crippen molar-refractivity contribution in [3.05, 3.63) is 60.2 Å². The molecule has 0 saturated heterocycles. The van der Waals surface area contributed by atoms with Gasteiger partial charge in [0, 0.05) is 0 Å². The molecule has 2 aromatic rings. The van der Waals surface area contributed by atoms with Crippen molar-refractivity contribution in [2.45, 2.75) is 6.10 Å². The van der Waals surface area contributed by atoms with Crippen LogP contribution in [0.2, 0.25) is 0 Å². The largest absolute Gasteiger partial charge is 0.387 e. The highest BCUT2D eigenvalue weighted by Crippen LogP contribution is 2.23. The van der Waals surface area contributed by atoms with Crippen molar-refractivity contribution in [1.29, 1.82) is 0 Å². The third-order valence-electron chi connectivity index (χ3n) is 2.52. The molecule has 1 atom stereocenters. The van der Waals surface area contributed by atoms with Gasteiger partial charge in [-0.15, -0.1) is 11.6 Å². The van der Waals surface area contributed by atoms with E-state index < -0.39 is 6.10 Å². The minimum Gasteiger partial charge on any atom is -0.387 e. The van der Waals surface area contributed by atoms with Crippen LogP contribution in [-0.4, -0.2) is 11.0 Å². The standard InChI is InChI=1S/C14H13ClO/c15-10-14(16)13-8-4-7-12(9-13)11-5-2-1-3-6-11/h1-9,14,16H,10H2. The predicted octanol–water partition coefficient (Wildman–Crippen LogP) is 3.63. The summed E-state index contributed by atoms with van der Waals surface area (Å²) < 4.78 is 0. The van der Waals surface area contributed by atoms with Gasteiger partial charge >= 0.3 is 0 Å². The normalized spacial score (nSPS) is 12.4. The number of hydrogen-bond acceptors (Lipinski definition) is 1. The molecule has 16 heavy (non-hydrogen) atoms. The van der Waals surface area contributed by atoms with E-state index in [1.54, 1.807) is 0 Å². The van der Waals surface area contributed by atoms with E-state index in [9.17, 15) is 5.11 Å². The monoisotopic (exact) mass is 232 g/mol. The van der Waals surface area contributed by atoms with E-state index in [0.29, 0.717) is 0 Å². The summed E-state index contributed by atoms with van der Waals surface area (Å²) in [5.74, 6) is 0.220. The summed E-state index contributed by atoms with van der Waals surface area (Å²) in [7, 11) is 0. The molecule has 2 aromatic carbocycles. The number of aliphatic hydroxyl groups is 1. The van der Waals surface area contributed by atoms with Gasteiger partial charge in [0.25, 0.3) is 0 Å². The summed E-state index contributed by atoms with van der Waals surface area (Å²) in [5.41, 5.74) is 3.10. The second-order valence-corrected chi connectivity index (χ2v) is 3.97. The average Bonchev–Trinajstić information content (AvgIpc) is 2.39. The van der Waals surface area contributed by atoms with E-state index in [1.165, 1.54) is 0 Å². The van der Waals surface area contributed by atoms with Crippen molar-refractivity contribution in [2.24, 2.45) is 0 Å². The Balaban J connectivity index is 2.36. The topological polar surface area (TPSA) is 20.2 Å². The zero-order valence-electron chi connectivity index (χ0n) is 8.81. The molecular formula is C14H13ClO. The van der Waals surface area contributed by atoms with E-state index in [-0.39, 0.29) is 5.88 Å². The Morgan fingerprint density at radius 2 is 1.62 bits per heavy atom. The molecule has 0 bridgehead atoms. The maximum absolute atomic E-state index is 9.67. The summed E-state index contributed by atoms with van der Waals surface area (Å²) in [6.07, 6.45) is -0.592. The zero-order chi connectivity index (χ0) is 11.4. The Morgan fingerprint density at radius 3 is 2.31 bits per heavy atom. The molecular weight excluding hydrogens is 220 g/mol. The van der Waals surface area contributed by atoms with Crippen molar-refractivity contribution in [2.75, 3.05) is 5.88 Å². The molecule has 0 spiro atoms. The van der Waals surface area contributed by atoms with Gasteiger partial charge in [-0.25, -0.2) is 0 Å². The molecule has 2 rings (SSSR count). The van der Waals surface area contributed by atoms with Crippen LogP contribution in [-0.2, 0) is 0 Å². The van der Waals surface area contributed by atoms with Crippen LogP contribution in [0.4, 0.5) is 0 Å². The molecule has 2 heteroatoms. The van der Waals surface area contributed by atoms with Gasteiger partial charge in [0.15, 0.2) is 0 Å². The van der Waals surface area contributed by atoms with Crippen molar-refractivity contribution < 1.29 is 5.11 Å². The van der Waals surface area contributed by atoms with Crippen LogP contribution >= 0.6 is 11.6 Å². The molecule has 0 aromatic heterocycles. The molecule has 0 radical (unpaired) electrons. The third-order valence-corrected chi connectivity index (χ3v) is 2.82. The fourth-order valence-electron chi connectivity index (χ4n) is 1.65. The average molecular weight is 233 g/mol. The summed E-state index contributed by atoms with van der Waals surface area (Å²) in [6.45, 7) is 0. The Kier molecular flexibility index (Phi) is 3.60. The van der Waals surface area contributed by atoms with Crippen LogP contribution in [0.3, 0.4) is 0 Å². The molecule has 0 fully saturated rings. The predicted molar refractivity (Wildman–Crippen MR) is 67.6 cm³/mol. The van der Waals surface area contributed by atoms with Gasteiger partial charge < -0.3 is 5.11 Å². The fraction of sp³-hybridized carbons (Fsp3) is 0.143. The number of rotatable bonds is 3. The highest BCUT2D eigenvalue weighted by molar-refractivity contribution is 6.18. The molecule has 0 aliphatic rings. The van der Waals surface area contributed by atoms with Gasteiger partial charge in [0.2, 0.25) is 0 Å². The lowest BCUT2D eigenvalue weighted by molar-refractivity contribution is 0.202. The second kappa shape index (κ2) is 5.15. The van der Waals surface area contributed by atoms with Crippen molar-refractivity contribution in [3.63, 3.8) is 0 Å². The molecule has 0 saturated carbocycles. The lowest BCUT2D eigenvalue weighted by atomic mass is 10.0. The van der Waals surface area contributed by atoms with Crippen molar-refractivity contribution in [1.82, 2.24) is 0 Å². The number of halogens is 1. The van der Waals surface area contributed by atoms with Crippen LogP contribution in [0.1, 0.15) is 11.7 Å². The minimum atomic E-state index is -0.592. The Bertz CT molecular complexity index is 453. The summed E-state index contributed by atoms with van der Waals surface area (Å²) in [6, 6.07) is 17.9. The second-order valence-electron chi connectivity index (χ2n) is 3.66. The lowest BCUT2D eigenvalue weighted by Gasteiger charge is -2.09. The summed E-state index contributed by atoms with van der Waals surface area (Å²) in [5, 5.41) is 9.67. The zero-order valence-corrected chi connectivity index (χ0v) is 9.56. The van der Waals surface area contributed by atoms with E-state index >= 15 is 0 Å². The Morgan fingerprint density at radius 1 is 0.938 bits per heavy atom. The van der Waals surface area contributed by atoms with Crippen molar-refractivity contribution in [3.8, 4) is 11.1 Å². The lowest BCUT2D eigenvalue weighted by Crippen LogP contribution is -1.98. The van der Waals surface area contributed by atoms with Crippen LogP contribution in [0.15, 0.2) is 54.6 Å². The first-order chi connectivity index (χ1) is 7.81. The third kappa shape index (κ3) is 2.43. The maximum atomic E-state index is 9.67. The molecule has 1 unspecified atom stereocenters. The Labute approximate surface area is 100 Å². The van der Waals surface area contributed by atoms with Crippen LogP contribution in [0, 0.1) is 0 Å². The summed E-state index contributed by atoms with van der Waals surface area (Å²) in [4.78, 5) is 0. The van der Waals surface area contributed by atoms with Crippen molar-refractivity contribution >= 4 is 11.6 Å². The fourth-order valence-corrected chi connectivity index (χ4v) is 1.82. The molecule has 0 amide bonds. The summed E-state index contributed by atoms with van der Waals surface area (Å²) >= 11 is 5.63. The Hall–Kier alpha value is -1.31. The molecule has 0 aliphatic heterocycles. The molecule has 0 aliphatic carbocycles. The van der Waals surface area contributed by atoms with Gasteiger partial charge in [-0.2, -0.15) is 0 Å². The number of aliphatic hydroxyl groups excluding tert-OH is 1. The smallest absolute Gasteiger partial charge is 0.0925 e. The molecule has 82 valence electrons. The molecule has 1 nitrogen and oxygen atoms in total. The van der Waals surface area contributed by atoms with Gasteiger partial charge in [0.1, 0.15) is 0 Å². The first-order valence-corrected chi connectivity index (χ1v) is 5.74. The number of hydrogen-bond donors (Lipinski definition) is 1. The highest BCUT2D eigenvalue weighted by atomic mass is 35.5. The molecule has 1 N–H and O–H groups in total. The quantitative estimate of drug-likeness (QED) is 0.802. The first kappa shape index (κ1) is 11.2. The van der Waals surface area contributed by atoms with Gasteiger partial charge in [0.05, 0.1) is 12.0 Å². The SMILES string of the molecule is OC(CCl)c1cccc(-c2ccccc2)c1. The highest BCUT2D eigenvalue weighted by Gasteiger charge is 2.06. The minimum absolute atomic E-state index is 0.220. The van der Waals surface area contributed by atoms with Gasteiger partial charge in [-0.05, 0) is 22.8 Å². The molecule has 0 heterocycles.